The zero-order chi connectivity index (χ0) is 10.7. The molecule has 0 aliphatic heterocycles. The molecule has 5 heteroatoms. The lowest BCUT2D eigenvalue weighted by Gasteiger charge is -2.14. The third-order valence-corrected chi connectivity index (χ3v) is 2.47. The van der Waals surface area contributed by atoms with Crippen molar-refractivity contribution in [2.75, 3.05) is 23.8 Å². The Kier molecular flexibility index (Phi) is 3.11. The van der Waals surface area contributed by atoms with Gasteiger partial charge in [-0.2, -0.15) is 0 Å². The number of hydrogen-bond acceptors (Lipinski definition) is 4. The Morgan fingerprint density at radius 1 is 1.20 bits per heavy atom. The van der Waals surface area contributed by atoms with Gasteiger partial charge in [0, 0.05) is 18.9 Å². The Morgan fingerprint density at radius 3 is 2.67 bits per heavy atom. The summed E-state index contributed by atoms with van der Waals surface area (Å²) in [5, 5.41) is 9.07. The minimum atomic E-state index is 0.660. The monoisotopic (exact) mass is 266 g/mol. The van der Waals surface area contributed by atoms with Gasteiger partial charge in [-0.3, -0.25) is 0 Å². The van der Waals surface area contributed by atoms with E-state index in [-0.39, 0.29) is 0 Å². The molecule has 0 N–H and O–H groups in total. The third kappa shape index (κ3) is 2.23. The molecule has 0 unspecified atom stereocenters. The molecule has 0 aliphatic carbocycles. The number of hydrogen-bond donors (Lipinski definition) is 0. The molecule has 0 spiro atoms. The van der Waals surface area contributed by atoms with E-state index in [2.05, 4.69) is 31.1 Å². The van der Waals surface area contributed by atoms with Gasteiger partial charge in [0.15, 0.2) is 0 Å². The summed E-state index contributed by atoms with van der Waals surface area (Å²) in [7, 11) is 1.95. The van der Waals surface area contributed by atoms with E-state index in [1.807, 2.05) is 36.2 Å². The lowest BCUT2D eigenvalue weighted by Crippen LogP contribution is -2.22. The summed E-state index contributed by atoms with van der Waals surface area (Å²) in [6.07, 6.45) is 0. The fourth-order valence-corrected chi connectivity index (χ4v) is 1.79. The van der Waals surface area contributed by atoms with E-state index in [4.69, 9.17) is 0 Å². The molecule has 4 nitrogen and oxygen atoms in total. The zero-order valence-electron chi connectivity index (χ0n) is 8.39. The lowest BCUT2D eigenvalue weighted by atomic mass is 10.3. The maximum absolute atomic E-state index is 4.43. The van der Waals surface area contributed by atoms with E-state index in [9.17, 15) is 0 Å². The van der Waals surface area contributed by atoms with Crippen LogP contribution in [0.25, 0.3) is 11.0 Å². The molecule has 2 aromatic rings. The van der Waals surface area contributed by atoms with E-state index in [0.29, 0.717) is 5.95 Å². The SMILES string of the molecule is CN(CCBr)c1nnc2ccccc2n1. The Labute approximate surface area is 96.5 Å². The molecule has 0 fully saturated rings. The molecule has 0 amide bonds. The maximum atomic E-state index is 4.43. The van der Waals surface area contributed by atoms with E-state index in [1.165, 1.54) is 0 Å². The molecule has 0 atom stereocenters. The van der Waals surface area contributed by atoms with Crippen molar-refractivity contribution in [3.8, 4) is 0 Å². The van der Waals surface area contributed by atoms with E-state index < -0.39 is 0 Å². The van der Waals surface area contributed by atoms with Crippen molar-refractivity contribution in [1.82, 2.24) is 15.2 Å². The van der Waals surface area contributed by atoms with Gasteiger partial charge in [-0.05, 0) is 12.1 Å². The average molecular weight is 267 g/mol. The number of anilines is 1. The standard InChI is InChI=1S/C10H11BrN4/c1-15(7-6-11)10-12-8-4-2-3-5-9(8)13-14-10/h2-5H,6-7H2,1H3. The van der Waals surface area contributed by atoms with Crippen LogP contribution in [0.4, 0.5) is 5.95 Å². The van der Waals surface area contributed by atoms with Crippen molar-refractivity contribution in [3.63, 3.8) is 0 Å². The van der Waals surface area contributed by atoms with Crippen molar-refractivity contribution in [1.29, 1.82) is 0 Å². The zero-order valence-corrected chi connectivity index (χ0v) is 9.98. The molecule has 1 aromatic carbocycles. The number of para-hydroxylation sites is 1. The van der Waals surface area contributed by atoms with Gasteiger partial charge in [-0.15, -0.1) is 10.2 Å². The number of nitrogens with zero attached hydrogens (tertiary/aromatic N) is 4. The normalized spacial score (nSPS) is 10.5. The second-order valence-corrected chi connectivity index (χ2v) is 4.00. The van der Waals surface area contributed by atoms with E-state index in [1.54, 1.807) is 0 Å². The van der Waals surface area contributed by atoms with Gasteiger partial charge in [0.05, 0.1) is 5.52 Å². The summed E-state index contributed by atoms with van der Waals surface area (Å²) < 4.78 is 0. The Balaban J connectivity index is 2.38. The molecular weight excluding hydrogens is 256 g/mol. The summed E-state index contributed by atoms with van der Waals surface area (Å²) >= 11 is 3.38. The molecule has 15 heavy (non-hydrogen) atoms. The smallest absolute Gasteiger partial charge is 0.245 e. The topological polar surface area (TPSA) is 41.9 Å². The predicted octanol–water partition coefficient (Wildman–Crippen LogP) is 1.86. The van der Waals surface area contributed by atoms with Crippen molar-refractivity contribution in [2.45, 2.75) is 0 Å². The van der Waals surface area contributed by atoms with Gasteiger partial charge in [-0.1, -0.05) is 28.1 Å². The first kappa shape index (κ1) is 10.3. The lowest BCUT2D eigenvalue weighted by molar-refractivity contribution is 0.880. The van der Waals surface area contributed by atoms with Gasteiger partial charge >= 0.3 is 0 Å². The summed E-state index contributed by atoms with van der Waals surface area (Å²) in [5.41, 5.74) is 1.71. The van der Waals surface area contributed by atoms with Gasteiger partial charge in [-0.25, -0.2) is 4.98 Å². The van der Waals surface area contributed by atoms with Crippen molar-refractivity contribution in [2.24, 2.45) is 0 Å². The number of rotatable bonds is 3. The maximum Gasteiger partial charge on any atom is 0.245 e. The predicted molar refractivity (Wildman–Crippen MR) is 64.4 cm³/mol. The summed E-state index contributed by atoms with van der Waals surface area (Å²) in [6.45, 7) is 0.861. The van der Waals surface area contributed by atoms with Crippen LogP contribution in [0.3, 0.4) is 0 Å². The minimum absolute atomic E-state index is 0.660. The second-order valence-electron chi connectivity index (χ2n) is 3.21. The van der Waals surface area contributed by atoms with Crippen LogP contribution < -0.4 is 4.90 Å². The molecule has 0 saturated heterocycles. The van der Waals surface area contributed by atoms with Crippen molar-refractivity contribution in [3.05, 3.63) is 24.3 Å². The Bertz CT molecular complexity index is 460. The van der Waals surface area contributed by atoms with Crippen molar-refractivity contribution < 1.29 is 0 Å². The molecule has 0 radical (unpaired) electrons. The number of alkyl halides is 1. The van der Waals surface area contributed by atoms with Crippen LogP contribution >= 0.6 is 15.9 Å². The highest BCUT2D eigenvalue weighted by Gasteiger charge is 2.05. The average Bonchev–Trinajstić information content (AvgIpc) is 2.29. The summed E-state index contributed by atoms with van der Waals surface area (Å²) in [5.74, 6) is 0.660. The molecule has 0 bridgehead atoms. The van der Waals surface area contributed by atoms with E-state index >= 15 is 0 Å². The largest absolute Gasteiger partial charge is 0.342 e. The quantitative estimate of drug-likeness (QED) is 0.796. The first-order chi connectivity index (χ1) is 7.31. The van der Waals surface area contributed by atoms with Gasteiger partial charge in [0.2, 0.25) is 5.95 Å². The number of benzene rings is 1. The van der Waals surface area contributed by atoms with Crippen LogP contribution in [0.5, 0.6) is 0 Å². The van der Waals surface area contributed by atoms with Crippen LogP contribution in [0.2, 0.25) is 0 Å². The highest BCUT2D eigenvalue weighted by molar-refractivity contribution is 9.09. The highest BCUT2D eigenvalue weighted by Crippen LogP contribution is 2.11. The second kappa shape index (κ2) is 4.53. The fraction of sp³-hybridized carbons (Fsp3) is 0.300. The molecule has 0 aliphatic rings. The molecule has 1 heterocycles. The third-order valence-electron chi connectivity index (χ3n) is 2.11. The Hall–Kier alpha value is -1.23. The number of halogens is 1. The Morgan fingerprint density at radius 2 is 1.93 bits per heavy atom. The summed E-state index contributed by atoms with van der Waals surface area (Å²) in [4.78, 5) is 6.39. The van der Waals surface area contributed by atoms with Crippen LogP contribution in [-0.2, 0) is 0 Å². The fourth-order valence-electron chi connectivity index (χ4n) is 1.26. The van der Waals surface area contributed by atoms with Crippen molar-refractivity contribution >= 4 is 32.9 Å². The first-order valence-electron chi connectivity index (χ1n) is 4.68. The molecule has 1 aromatic heterocycles. The van der Waals surface area contributed by atoms with Gasteiger partial charge in [0.1, 0.15) is 5.52 Å². The minimum Gasteiger partial charge on any atom is -0.342 e. The van der Waals surface area contributed by atoms with Crippen LogP contribution in [0, 0.1) is 0 Å². The molecule has 2 rings (SSSR count). The molecule has 78 valence electrons. The van der Waals surface area contributed by atoms with E-state index in [0.717, 1.165) is 22.9 Å². The van der Waals surface area contributed by atoms with Crippen LogP contribution in [-0.4, -0.2) is 34.1 Å². The first-order valence-corrected chi connectivity index (χ1v) is 5.80. The molecular formula is C10H11BrN4. The molecule has 0 saturated carbocycles. The summed E-state index contributed by atoms with van der Waals surface area (Å²) in [6, 6.07) is 7.73. The van der Waals surface area contributed by atoms with Crippen LogP contribution in [0.1, 0.15) is 0 Å². The van der Waals surface area contributed by atoms with Gasteiger partial charge < -0.3 is 4.90 Å². The number of aromatic nitrogens is 3. The number of fused-ring (bicyclic) bond motifs is 1. The highest BCUT2D eigenvalue weighted by atomic mass is 79.9. The van der Waals surface area contributed by atoms with Gasteiger partial charge in [0.25, 0.3) is 0 Å². The van der Waals surface area contributed by atoms with Crippen LogP contribution in [0.15, 0.2) is 24.3 Å².